The second kappa shape index (κ2) is 66.2. The van der Waals surface area contributed by atoms with Crippen LogP contribution < -0.4 is 20.7 Å². The van der Waals surface area contributed by atoms with E-state index in [-0.39, 0.29) is 16.8 Å². The van der Waals surface area contributed by atoms with E-state index >= 15 is 0 Å². The first-order valence-corrected chi connectivity index (χ1v) is 61.0. The first-order chi connectivity index (χ1) is 54.2. The summed E-state index contributed by atoms with van der Waals surface area (Å²) in [6.45, 7) is 83.5. The van der Waals surface area contributed by atoms with Crippen LogP contribution in [0.3, 0.4) is 0 Å². The number of ether oxygens (including phenoxy) is 3. The fraction of sp³-hybridized carbons (Fsp3) is 0.745. The minimum Gasteiger partial charge on any atom is -0.417 e. The topological polar surface area (TPSA) is 148 Å². The summed E-state index contributed by atoms with van der Waals surface area (Å²) in [5.41, 5.74) is 7.45. The Morgan fingerprint density at radius 2 is 0.479 bits per heavy atom. The maximum atomic E-state index is 5.76. The number of hydrogen-bond acceptors (Lipinski definition) is 16. The molecular formula is C94H190O16Si7. The normalized spacial score (nSPS) is 13.8. The Morgan fingerprint density at radius 3 is 0.658 bits per heavy atom. The second-order valence-electron chi connectivity index (χ2n) is 34.4. The van der Waals surface area contributed by atoms with E-state index in [4.69, 9.17) is 71.7 Å². The van der Waals surface area contributed by atoms with E-state index in [1.165, 1.54) is 63.5 Å². The molecule has 16 nitrogen and oxygen atoms in total. The van der Waals surface area contributed by atoms with E-state index in [2.05, 4.69) is 241 Å². The molecule has 7 unspecified atom stereocenters. The standard InChI is InChI=1S/C13H22O3Si.C13H22O2Si.2C13H22OSi.C10H24O3Si.C9H22O2Si.C8H20OSi.3C5H12O/c1-6-11(2)12-7-9-13(10-8-12)17(14-3,15-4)16-5;1-6-11(2)12-7-9-13(10-8-12)16(5,14-3)15-4;2*1-6-11(2)12-7-9-13(10-8-12)15(4,5)14-3;1-6-10(5)14(11-7-2,12-8-3)13-9-4;1-6-9(4)12(5,10-7-2)11-8-3;1-6-8(3)10(4,5)9-7-2;3*1-5(2,3)6-4/h7-11H,6H2,1-5H3;7-11H,6H2,1-5H3;2*7-11H,6H2,1-5H3;10H,6-9H2,1-5H3;9H,6-8H2,1-5H3;8H,6-7H2,1-5H3;3*1-4H3. The van der Waals surface area contributed by atoms with E-state index in [0.717, 1.165) is 49.8 Å². The maximum Gasteiger partial charge on any atom is 0.536 e. The second-order valence-corrected chi connectivity index (χ2v) is 59.7. The van der Waals surface area contributed by atoms with Crippen molar-refractivity contribution in [2.75, 3.05) is 111 Å². The third kappa shape index (κ3) is 53.0. The molecule has 4 rings (SSSR count). The van der Waals surface area contributed by atoms with Gasteiger partial charge in [0.15, 0.2) is 8.32 Å². The lowest BCUT2D eigenvalue weighted by Crippen LogP contribution is -2.54. The number of rotatable bonds is 37. The molecule has 4 aromatic carbocycles. The fourth-order valence-corrected chi connectivity index (χ4v) is 23.3. The molecule has 117 heavy (non-hydrogen) atoms. The molecule has 0 radical (unpaired) electrons. The van der Waals surface area contributed by atoms with Gasteiger partial charge < -0.3 is 71.7 Å². The minimum atomic E-state index is -2.66. The summed E-state index contributed by atoms with van der Waals surface area (Å²) >= 11 is 0. The van der Waals surface area contributed by atoms with E-state index < -0.39 is 59.7 Å². The molecule has 23 heteroatoms. The van der Waals surface area contributed by atoms with Crippen LogP contribution in [-0.2, 0) is 71.7 Å². The van der Waals surface area contributed by atoms with Crippen LogP contribution in [0.2, 0.25) is 69.0 Å². The van der Waals surface area contributed by atoms with Gasteiger partial charge in [-0.05, 0) is 261 Å². The average molecular weight is 1770 g/mol. The molecule has 0 fully saturated rings. The quantitative estimate of drug-likeness (QED) is 0.0394. The van der Waals surface area contributed by atoms with Gasteiger partial charge in [-0.25, -0.2) is 0 Å². The molecule has 4 aromatic rings. The van der Waals surface area contributed by atoms with Crippen molar-refractivity contribution in [1.82, 2.24) is 0 Å². The minimum absolute atomic E-state index is 0.0417. The van der Waals surface area contributed by atoms with Crippen molar-refractivity contribution >= 4 is 80.4 Å². The Morgan fingerprint density at radius 1 is 0.256 bits per heavy atom. The molecule has 0 aliphatic carbocycles. The number of benzene rings is 4. The van der Waals surface area contributed by atoms with Crippen LogP contribution in [0, 0.1) is 0 Å². The zero-order chi connectivity index (χ0) is 92.5. The molecule has 0 saturated carbocycles. The highest BCUT2D eigenvalue weighted by Gasteiger charge is 2.46. The van der Waals surface area contributed by atoms with Crippen LogP contribution in [0.25, 0.3) is 0 Å². The molecule has 0 heterocycles. The molecule has 7 atom stereocenters. The molecule has 0 N–H and O–H groups in total. The van der Waals surface area contributed by atoms with Crippen LogP contribution in [0.5, 0.6) is 0 Å². The third-order valence-electron chi connectivity index (χ3n) is 22.0. The summed E-state index contributed by atoms with van der Waals surface area (Å²) in [6, 6.07) is 34.9. The summed E-state index contributed by atoms with van der Waals surface area (Å²) in [5.74, 6) is 2.51. The molecule has 0 amide bonds. The lowest BCUT2D eigenvalue weighted by Gasteiger charge is -2.32. The van der Waals surface area contributed by atoms with Crippen molar-refractivity contribution in [3.05, 3.63) is 119 Å². The first kappa shape index (κ1) is 126. The summed E-state index contributed by atoms with van der Waals surface area (Å²) in [5, 5.41) is 4.93. The summed E-state index contributed by atoms with van der Waals surface area (Å²) < 4.78 is 87.8. The first-order valence-electron chi connectivity index (χ1n) is 44.0. The van der Waals surface area contributed by atoms with Gasteiger partial charge in [-0.1, -0.05) is 207 Å². The summed E-state index contributed by atoms with van der Waals surface area (Å²) in [7, 11) is 3.47. The summed E-state index contributed by atoms with van der Waals surface area (Å²) in [6.07, 6.45) is 8.13. The van der Waals surface area contributed by atoms with Crippen molar-refractivity contribution < 1.29 is 71.7 Å². The van der Waals surface area contributed by atoms with Gasteiger partial charge in [0.05, 0.1) is 16.8 Å². The Labute approximate surface area is 732 Å². The SMILES string of the molecule is CCC(C)c1ccc([Si](C)(C)OC)cc1.CCC(C)c1ccc([Si](C)(C)OC)cc1.CCC(C)c1ccc([Si](C)(OC)OC)cc1.CCC(C)c1ccc([Si](OC)(OC)OC)cc1.CCO[Si](C)(C)C(C)CC.CCO[Si](C)(OCC)C(C)CC.CCO[Si](OCC)(OCC)C(C)CC.COC(C)(C)C.COC(C)(C)C.COC(C)(C)C. The average Bonchev–Trinajstić information content (AvgIpc) is 0.828. The Kier molecular flexibility index (Phi) is 71.1. The van der Waals surface area contributed by atoms with Crippen molar-refractivity contribution in [3.63, 3.8) is 0 Å². The highest BCUT2D eigenvalue weighted by molar-refractivity contribution is 6.85. The van der Waals surface area contributed by atoms with Gasteiger partial charge in [-0.15, -0.1) is 0 Å². The number of methoxy groups -OCH3 is 3. The van der Waals surface area contributed by atoms with Gasteiger partial charge in [0, 0.05) is 121 Å². The molecule has 0 saturated heterocycles. The highest BCUT2D eigenvalue weighted by atomic mass is 28.4. The lowest BCUT2D eigenvalue weighted by molar-refractivity contribution is 0.0394. The predicted molar refractivity (Wildman–Crippen MR) is 525 cm³/mol. The van der Waals surface area contributed by atoms with Crippen LogP contribution in [0.15, 0.2) is 97.1 Å². The number of hydrogen-bond donors (Lipinski definition) is 0. The highest BCUT2D eigenvalue weighted by Crippen LogP contribution is 2.30. The van der Waals surface area contributed by atoms with E-state index in [1.807, 2.05) is 123 Å². The molecular weight excluding hydrogens is 1580 g/mol. The van der Waals surface area contributed by atoms with Crippen LogP contribution in [0.4, 0.5) is 0 Å². The van der Waals surface area contributed by atoms with E-state index in [9.17, 15) is 0 Å². The third-order valence-corrected chi connectivity index (χ3v) is 44.5. The van der Waals surface area contributed by atoms with E-state index in [0.29, 0.717) is 54.6 Å². The van der Waals surface area contributed by atoms with Gasteiger partial charge in [-0.2, -0.15) is 0 Å². The molecule has 0 aliphatic heterocycles. The molecule has 0 aliphatic rings. The Hall–Kier alpha value is -2.24. The van der Waals surface area contributed by atoms with Gasteiger partial charge in [-0.3, -0.25) is 0 Å². The van der Waals surface area contributed by atoms with Gasteiger partial charge >= 0.3 is 34.7 Å². The molecule has 690 valence electrons. The molecule has 0 spiro atoms. The Bertz CT molecular complexity index is 2790. The monoisotopic (exact) mass is 1770 g/mol. The molecule has 0 bridgehead atoms. The van der Waals surface area contributed by atoms with Crippen LogP contribution in [0.1, 0.15) is 292 Å². The van der Waals surface area contributed by atoms with Gasteiger partial charge in [0.25, 0.3) is 0 Å². The van der Waals surface area contributed by atoms with Crippen molar-refractivity contribution in [2.24, 2.45) is 0 Å². The zero-order valence-electron chi connectivity index (χ0n) is 85.0. The zero-order valence-corrected chi connectivity index (χ0v) is 92.0. The van der Waals surface area contributed by atoms with Gasteiger partial charge in [0.1, 0.15) is 0 Å². The largest absolute Gasteiger partial charge is 0.536 e. The molecule has 0 aromatic heterocycles. The maximum absolute atomic E-state index is 5.76. The smallest absolute Gasteiger partial charge is 0.417 e. The van der Waals surface area contributed by atoms with Crippen molar-refractivity contribution in [1.29, 1.82) is 0 Å². The van der Waals surface area contributed by atoms with Crippen LogP contribution >= 0.6 is 0 Å². The predicted octanol–water partition coefficient (Wildman–Crippen LogP) is 24.7. The van der Waals surface area contributed by atoms with Crippen molar-refractivity contribution in [3.8, 4) is 0 Å². The van der Waals surface area contributed by atoms with Crippen LogP contribution in [-0.4, -0.2) is 187 Å². The van der Waals surface area contributed by atoms with Gasteiger partial charge in [0.2, 0.25) is 16.6 Å². The Balaban J connectivity index is -0.000000298. The van der Waals surface area contributed by atoms with Crippen molar-refractivity contribution in [2.45, 2.75) is 355 Å². The summed E-state index contributed by atoms with van der Waals surface area (Å²) in [4.78, 5) is 0. The fourth-order valence-electron chi connectivity index (χ4n) is 10.3. The lowest BCUT2D eigenvalue weighted by atomic mass is 9.99. The van der Waals surface area contributed by atoms with E-state index in [1.54, 1.807) is 56.9 Å².